The molecule has 70 valence electrons. The Balaban J connectivity index is 2.57. The summed E-state index contributed by atoms with van der Waals surface area (Å²) < 4.78 is 4.34. The van der Waals surface area contributed by atoms with Crippen LogP contribution >= 0.6 is 11.3 Å². The van der Waals surface area contributed by atoms with Crippen molar-refractivity contribution in [3.8, 4) is 0 Å². The van der Waals surface area contributed by atoms with Crippen LogP contribution in [0.4, 0.5) is 4.79 Å². The number of hydrogen-bond donors (Lipinski definition) is 1. The van der Waals surface area contributed by atoms with E-state index in [0.29, 0.717) is 5.71 Å². The fourth-order valence-electron chi connectivity index (χ4n) is 0.624. The first-order valence-corrected chi connectivity index (χ1v) is 4.45. The zero-order valence-electron chi connectivity index (χ0n) is 7.27. The van der Waals surface area contributed by atoms with Crippen molar-refractivity contribution in [1.29, 1.82) is 0 Å². The molecule has 0 atom stereocenters. The topological polar surface area (TPSA) is 63.6 Å². The van der Waals surface area contributed by atoms with Crippen molar-refractivity contribution in [3.63, 3.8) is 0 Å². The number of hydrogen-bond acceptors (Lipinski definition) is 5. The van der Waals surface area contributed by atoms with Gasteiger partial charge in [0, 0.05) is 5.38 Å². The van der Waals surface area contributed by atoms with Gasteiger partial charge in [-0.15, -0.1) is 11.3 Å². The monoisotopic (exact) mass is 199 g/mol. The first-order chi connectivity index (χ1) is 6.24. The SMILES string of the molecule is COC(=O)N/N=C(\C)c1cscn1. The maximum Gasteiger partial charge on any atom is 0.427 e. The number of thiazole rings is 1. The van der Waals surface area contributed by atoms with Crippen LogP contribution < -0.4 is 5.43 Å². The van der Waals surface area contributed by atoms with Gasteiger partial charge in [-0.05, 0) is 6.92 Å². The number of nitrogens with one attached hydrogen (secondary N) is 1. The molecule has 0 aliphatic heterocycles. The molecular formula is C7H9N3O2S. The fourth-order valence-corrected chi connectivity index (χ4v) is 1.22. The summed E-state index contributed by atoms with van der Waals surface area (Å²) in [6.07, 6.45) is -0.588. The summed E-state index contributed by atoms with van der Waals surface area (Å²) in [7, 11) is 1.28. The Bertz CT molecular complexity index is 308. The Kier molecular flexibility index (Phi) is 3.39. The zero-order chi connectivity index (χ0) is 9.68. The normalized spacial score (nSPS) is 11.1. The average molecular weight is 199 g/mol. The Morgan fingerprint density at radius 1 is 1.77 bits per heavy atom. The number of carbonyl (C=O) groups is 1. The van der Waals surface area contributed by atoms with E-state index in [9.17, 15) is 4.79 Å². The molecule has 1 aromatic heterocycles. The van der Waals surface area contributed by atoms with Gasteiger partial charge in [0.25, 0.3) is 0 Å². The molecule has 1 N–H and O–H groups in total. The fraction of sp³-hybridized carbons (Fsp3) is 0.286. The number of hydrazone groups is 1. The van der Waals surface area contributed by atoms with E-state index in [1.807, 2.05) is 5.38 Å². The summed E-state index contributed by atoms with van der Waals surface area (Å²) in [6, 6.07) is 0. The molecule has 0 bridgehead atoms. The van der Waals surface area contributed by atoms with Gasteiger partial charge in [-0.3, -0.25) is 0 Å². The summed E-state index contributed by atoms with van der Waals surface area (Å²) in [5.74, 6) is 0. The third-order valence-electron chi connectivity index (χ3n) is 1.30. The molecule has 13 heavy (non-hydrogen) atoms. The largest absolute Gasteiger partial charge is 0.452 e. The van der Waals surface area contributed by atoms with Crippen molar-refractivity contribution >= 4 is 23.1 Å². The van der Waals surface area contributed by atoms with E-state index in [1.54, 1.807) is 12.4 Å². The average Bonchev–Trinajstić information content (AvgIpc) is 2.66. The molecule has 1 aromatic rings. The lowest BCUT2D eigenvalue weighted by molar-refractivity contribution is 0.171. The highest BCUT2D eigenvalue weighted by Gasteiger charge is 2.00. The molecule has 1 amide bonds. The van der Waals surface area contributed by atoms with Crippen molar-refractivity contribution in [3.05, 3.63) is 16.6 Å². The molecule has 0 aliphatic carbocycles. The van der Waals surface area contributed by atoms with Gasteiger partial charge in [0.05, 0.1) is 24.0 Å². The highest BCUT2D eigenvalue weighted by molar-refractivity contribution is 7.07. The van der Waals surface area contributed by atoms with Crippen molar-refractivity contribution < 1.29 is 9.53 Å². The summed E-state index contributed by atoms with van der Waals surface area (Å²) in [6.45, 7) is 1.75. The van der Waals surface area contributed by atoms with E-state index < -0.39 is 6.09 Å². The van der Waals surface area contributed by atoms with Crippen molar-refractivity contribution in [1.82, 2.24) is 10.4 Å². The van der Waals surface area contributed by atoms with Crippen LogP contribution in [0.3, 0.4) is 0 Å². The van der Waals surface area contributed by atoms with E-state index in [1.165, 1.54) is 18.4 Å². The Morgan fingerprint density at radius 3 is 3.08 bits per heavy atom. The van der Waals surface area contributed by atoms with Crippen molar-refractivity contribution in [2.24, 2.45) is 5.10 Å². The van der Waals surface area contributed by atoms with Crippen LogP contribution in [0.25, 0.3) is 0 Å². The number of rotatable bonds is 2. The van der Waals surface area contributed by atoms with E-state index in [2.05, 4.69) is 20.2 Å². The van der Waals surface area contributed by atoms with Crippen molar-refractivity contribution in [2.75, 3.05) is 7.11 Å². The van der Waals surface area contributed by atoms with E-state index >= 15 is 0 Å². The summed E-state index contributed by atoms with van der Waals surface area (Å²) in [4.78, 5) is 14.6. The lowest BCUT2D eigenvalue weighted by Crippen LogP contribution is -2.18. The number of aromatic nitrogens is 1. The molecule has 1 heterocycles. The lowest BCUT2D eigenvalue weighted by atomic mass is 10.3. The molecule has 6 heteroatoms. The van der Waals surface area contributed by atoms with E-state index in [0.717, 1.165) is 5.69 Å². The molecule has 0 aliphatic rings. The Labute approximate surface area is 79.4 Å². The van der Waals surface area contributed by atoms with Gasteiger partial charge < -0.3 is 4.74 Å². The van der Waals surface area contributed by atoms with Crippen LogP contribution in [0.1, 0.15) is 12.6 Å². The molecule has 0 saturated heterocycles. The molecule has 0 spiro atoms. The molecule has 0 aromatic carbocycles. The third-order valence-corrected chi connectivity index (χ3v) is 1.89. The number of carbonyl (C=O) groups excluding carboxylic acids is 1. The summed E-state index contributed by atoms with van der Waals surface area (Å²) in [5, 5.41) is 5.62. The number of nitrogens with zero attached hydrogens (tertiary/aromatic N) is 2. The third kappa shape index (κ3) is 2.83. The molecule has 1 rings (SSSR count). The second-order valence-corrected chi connectivity index (χ2v) is 2.89. The molecule has 0 unspecified atom stereocenters. The predicted molar refractivity (Wildman–Crippen MR) is 49.9 cm³/mol. The second kappa shape index (κ2) is 4.56. The predicted octanol–water partition coefficient (Wildman–Crippen LogP) is 1.22. The molecule has 0 saturated carbocycles. The van der Waals surface area contributed by atoms with Crippen LogP contribution in [0.15, 0.2) is 16.0 Å². The van der Waals surface area contributed by atoms with Gasteiger partial charge in [-0.2, -0.15) is 5.10 Å². The summed E-state index contributed by atoms with van der Waals surface area (Å²) in [5.41, 5.74) is 5.31. The minimum Gasteiger partial charge on any atom is -0.452 e. The summed E-state index contributed by atoms with van der Waals surface area (Å²) >= 11 is 1.47. The maximum atomic E-state index is 10.6. The van der Waals surface area contributed by atoms with Crippen LogP contribution in [0.5, 0.6) is 0 Å². The zero-order valence-corrected chi connectivity index (χ0v) is 8.09. The Hall–Kier alpha value is -1.43. The van der Waals surface area contributed by atoms with Gasteiger partial charge in [0.15, 0.2) is 0 Å². The highest BCUT2D eigenvalue weighted by atomic mass is 32.1. The van der Waals surface area contributed by atoms with Crippen LogP contribution in [0, 0.1) is 0 Å². The second-order valence-electron chi connectivity index (χ2n) is 2.17. The molecule has 0 radical (unpaired) electrons. The smallest absolute Gasteiger partial charge is 0.427 e. The first-order valence-electron chi connectivity index (χ1n) is 3.51. The number of methoxy groups -OCH3 is 1. The van der Waals surface area contributed by atoms with Gasteiger partial charge in [-0.1, -0.05) is 0 Å². The maximum absolute atomic E-state index is 10.6. The molecular weight excluding hydrogens is 190 g/mol. The standard InChI is InChI=1S/C7H9N3O2S/c1-5(6-3-13-4-8-6)9-10-7(11)12-2/h3-4H,1-2H3,(H,10,11)/b9-5+. The van der Waals surface area contributed by atoms with Gasteiger partial charge in [0.1, 0.15) is 0 Å². The number of amides is 1. The van der Waals surface area contributed by atoms with Crippen LogP contribution in [-0.4, -0.2) is 23.9 Å². The first kappa shape index (κ1) is 9.66. The molecule has 5 nitrogen and oxygen atoms in total. The molecule has 0 fully saturated rings. The van der Waals surface area contributed by atoms with Gasteiger partial charge >= 0.3 is 6.09 Å². The minimum atomic E-state index is -0.588. The lowest BCUT2D eigenvalue weighted by Gasteiger charge is -1.97. The van der Waals surface area contributed by atoms with Crippen LogP contribution in [-0.2, 0) is 4.74 Å². The minimum absolute atomic E-state index is 0.588. The van der Waals surface area contributed by atoms with Gasteiger partial charge in [0.2, 0.25) is 0 Å². The number of ether oxygens (including phenoxy) is 1. The van der Waals surface area contributed by atoms with Crippen LogP contribution in [0.2, 0.25) is 0 Å². The Morgan fingerprint density at radius 2 is 2.54 bits per heavy atom. The van der Waals surface area contributed by atoms with Crippen molar-refractivity contribution in [2.45, 2.75) is 6.92 Å². The highest BCUT2D eigenvalue weighted by Crippen LogP contribution is 2.01. The van der Waals surface area contributed by atoms with Gasteiger partial charge in [-0.25, -0.2) is 15.2 Å². The van der Waals surface area contributed by atoms with E-state index in [4.69, 9.17) is 0 Å². The quantitative estimate of drug-likeness (QED) is 0.575. The van der Waals surface area contributed by atoms with E-state index in [-0.39, 0.29) is 0 Å².